The molecule has 0 fully saturated rings. The molecule has 0 aliphatic heterocycles. The van der Waals surface area contributed by atoms with E-state index in [0.717, 1.165) is 33.7 Å². The van der Waals surface area contributed by atoms with E-state index in [2.05, 4.69) is 33.4 Å². The first-order valence-corrected chi connectivity index (χ1v) is 8.12. The van der Waals surface area contributed by atoms with Crippen molar-refractivity contribution < 1.29 is 4.57 Å². The largest absolute Gasteiger partial charge is 0.318 e. The molecule has 6 heteroatoms. The molecule has 0 aromatic carbocycles. The highest BCUT2D eigenvalue weighted by Gasteiger charge is 2.22. The van der Waals surface area contributed by atoms with Gasteiger partial charge in [0.1, 0.15) is 11.2 Å². The van der Waals surface area contributed by atoms with Gasteiger partial charge in [0.25, 0.3) is 0 Å². The van der Waals surface area contributed by atoms with Crippen LogP contribution in [0.4, 0.5) is 5.82 Å². The van der Waals surface area contributed by atoms with Crippen molar-refractivity contribution in [2.24, 2.45) is 0 Å². The number of nitrogen functional groups attached to an aromatic ring is 1. The maximum Gasteiger partial charge on any atom is 0.232 e. The zero-order valence-corrected chi connectivity index (χ0v) is 14.2. The first-order valence-electron chi connectivity index (χ1n) is 8.12. The summed E-state index contributed by atoms with van der Waals surface area (Å²) in [6, 6.07) is 9.80. The molecule has 0 aliphatic carbocycles. The van der Waals surface area contributed by atoms with Crippen LogP contribution in [0, 0.1) is 13.8 Å². The fraction of sp³-hybridized carbons (Fsp3) is 0.158. The highest BCUT2D eigenvalue weighted by atomic mass is 15.2. The first-order chi connectivity index (χ1) is 12.2. The molecule has 124 valence electrons. The van der Waals surface area contributed by atoms with Crippen LogP contribution in [0.1, 0.15) is 16.8 Å². The molecule has 0 radical (unpaired) electrons. The van der Waals surface area contributed by atoms with Crippen LogP contribution in [-0.4, -0.2) is 19.5 Å². The lowest BCUT2D eigenvalue weighted by molar-refractivity contribution is -0.675. The van der Waals surface area contributed by atoms with Crippen molar-refractivity contribution in [2.45, 2.75) is 20.4 Å². The highest BCUT2D eigenvalue weighted by Crippen LogP contribution is 2.28. The number of pyridine rings is 2. The average molecular weight is 331 g/mol. The third-order valence-electron chi connectivity index (χ3n) is 4.53. The van der Waals surface area contributed by atoms with Crippen molar-refractivity contribution in [1.82, 2.24) is 19.5 Å². The fourth-order valence-electron chi connectivity index (χ4n) is 3.13. The maximum atomic E-state index is 6.50. The summed E-state index contributed by atoms with van der Waals surface area (Å²) in [5.41, 5.74) is 10.6. The number of nitrogens with two attached hydrogens (primary N) is 1. The summed E-state index contributed by atoms with van der Waals surface area (Å²) in [7, 11) is 0. The van der Waals surface area contributed by atoms with Gasteiger partial charge in [0.05, 0.1) is 6.54 Å². The minimum atomic E-state index is 0.635. The van der Waals surface area contributed by atoms with Gasteiger partial charge in [0, 0.05) is 29.8 Å². The summed E-state index contributed by atoms with van der Waals surface area (Å²) >= 11 is 0. The third kappa shape index (κ3) is 2.52. The van der Waals surface area contributed by atoms with Crippen molar-refractivity contribution in [2.75, 3.05) is 5.73 Å². The van der Waals surface area contributed by atoms with Gasteiger partial charge in [-0.3, -0.25) is 9.55 Å². The lowest BCUT2D eigenvalue weighted by Crippen LogP contribution is -2.38. The summed E-state index contributed by atoms with van der Waals surface area (Å²) in [5.74, 6) is 1.54. The number of aromatic nitrogens is 5. The van der Waals surface area contributed by atoms with E-state index in [9.17, 15) is 0 Å². The van der Waals surface area contributed by atoms with Gasteiger partial charge in [-0.15, -0.1) is 0 Å². The fourth-order valence-corrected chi connectivity index (χ4v) is 3.13. The van der Waals surface area contributed by atoms with Crippen molar-refractivity contribution in [3.8, 4) is 5.82 Å². The van der Waals surface area contributed by atoms with Crippen LogP contribution < -0.4 is 10.3 Å². The second-order valence-electron chi connectivity index (χ2n) is 6.05. The van der Waals surface area contributed by atoms with Crippen LogP contribution in [0.25, 0.3) is 16.9 Å². The number of rotatable bonds is 3. The third-order valence-corrected chi connectivity index (χ3v) is 4.53. The number of aryl methyl sites for hydroxylation is 1. The van der Waals surface area contributed by atoms with Gasteiger partial charge in [0.2, 0.25) is 17.8 Å². The Labute approximate surface area is 145 Å². The van der Waals surface area contributed by atoms with E-state index in [1.165, 1.54) is 0 Å². The van der Waals surface area contributed by atoms with Gasteiger partial charge in [-0.05, 0) is 37.6 Å². The van der Waals surface area contributed by atoms with Crippen molar-refractivity contribution in [3.63, 3.8) is 0 Å². The molecule has 0 amide bonds. The molecule has 25 heavy (non-hydrogen) atoms. The standard InChI is InChI=1S/C19H18N6/c1-13-14(2)25(16-7-3-4-9-22-16)19-17(13)18(20)24(12-23-19)11-15-6-5-8-21-10-15/h3-10,12,20H,11H2,1-2H3/p+1. The predicted molar refractivity (Wildman–Crippen MR) is 96.3 cm³/mol. The van der Waals surface area contributed by atoms with Crippen LogP contribution >= 0.6 is 0 Å². The number of hydrogen-bond acceptors (Lipinski definition) is 4. The number of nitrogens with zero attached hydrogens (tertiary/aromatic N) is 5. The van der Waals surface area contributed by atoms with Gasteiger partial charge < -0.3 is 5.73 Å². The molecule has 4 heterocycles. The van der Waals surface area contributed by atoms with E-state index in [4.69, 9.17) is 5.73 Å². The minimum Gasteiger partial charge on any atom is -0.318 e. The van der Waals surface area contributed by atoms with Crippen LogP contribution in [0.2, 0.25) is 0 Å². The SMILES string of the molecule is Cc1c(C)n(-c2ccccn2)c2nc[n+](Cc3cccnc3)c(N)c12. The van der Waals surface area contributed by atoms with E-state index < -0.39 is 0 Å². The Balaban J connectivity index is 1.90. The lowest BCUT2D eigenvalue weighted by Gasteiger charge is -2.06. The Kier molecular flexibility index (Phi) is 3.65. The summed E-state index contributed by atoms with van der Waals surface area (Å²) in [5, 5.41) is 0.967. The molecule has 0 saturated heterocycles. The van der Waals surface area contributed by atoms with Gasteiger partial charge in [-0.2, -0.15) is 0 Å². The van der Waals surface area contributed by atoms with Gasteiger partial charge in [0.15, 0.2) is 0 Å². The van der Waals surface area contributed by atoms with E-state index in [0.29, 0.717) is 12.4 Å². The zero-order chi connectivity index (χ0) is 17.4. The normalized spacial score (nSPS) is 11.1. The molecule has 0 unspecified atom stereocenters. The molecule has 0 spiro atoms. The van der Waals surface area contributed by atoms with Crippen LogP contribution in [0.3, 0.4) is 0 Å². The van der Waals surface area contributed by atoms with Gasteiger partial charge in [-0.25, -0.2) is 9.55 Å². The van der Waals surface area contributed by atoms with Crippen LogP contribution in [-0.2, 0) is 6.54 Å². The smallest absolute Gasteiger partial charge is 0.232 e. The van der Waals surface area contributed by atoms with E-state index in [1.807, 2.05) is 41.1 Å². The second kappa shape index (κ2) is 5.98. The van der Waals surface area contributed by atoms with Gasteiger partial charge in [-0.1, -0.05) is 17.1 Å². The topological polar surface area (TPSA) is 73.5 Å². The average Bonchev–Trinajstić information content (AvgIpc) is 2.90. The molecule has 0 aliphatic rings. The Morgan fingerprint density at radius 2 is 1.96 bits per heavy atom. The summed E-state index contributed by atoms with van der Waals surface area (Å²) in [4.78, 5) is 13.3. The maximum absolute atomic E-state index is 6.50. The first kappa shape index (κ1) is 15.3. The Bertz CT molecular complexity index is 1040. The molecule has 0 bridgehead atoms. The molecule has 0 atom stereocenters. The Hall–Kier alpha value is -3.28. The summed E-state index contributed by atoms with van der Waals surface area (Å²) in [6.45, 7) is 4.77. The van der Waals surface area contributed by atoms with Crippen molar-refractivity contribution in [3.05, 3.63) is 72.1 Å². The van der Waals surface area contributed by atoms with Crippen molar-refractivity contribution in [1.29, 1.82) is 0 Å². The second-order valence-corrected chi connectivity index (χ2v) is 6.05. The monoisotopic (exact) mass is 331 g/mol. The zero-order valence-electron chi connectivity index (χ0n) is 14.2. The molecule has 2 N–H and O–H groups in total. The number of hydrogen-bond donors (Lipinski definition) is 1. The van der Waals surface area contributed by atoms with Gasteiger partial charge >= 0.3 is 0 Å². The van der Waals surface area contributed by atoms with Crippen molar-refractivity contribution >= 4 is 16.9 Å². The highest BCUT2D eigenvalue weighted by molar-refractivity contribution is 5.90. The minimum absolute atomic E-state index is 0.635. The molecular weight excluding hydrogens is 312 g/mol. The predicted octanol–water partition coefficient (Wildman–Crippen LogP) is 2.35. The number of anilines is 1. The molecule has 4 aromatic heterocycles. The summed E-state index contributed by atoms with van der Waals surface area (Å²) in [6.07, 6.45) is 7.17. The van der Waals surface area contributed by atoms with Crippen LogP contribution in [0.15, 0.2) is 55.2 Å². The Morgan fingerprint density at radius 3 is 2.68 bits per heavy atom. The Morgan fingerprint density at radius 1 is 1.08 bits per heavy atom. The van der Waals surface area contributed by atoms with E-state index >= 15 is 0 Å². The van der Waals surface area contributed by atoms with E-state index in [1.54, 1.807) is 18.7 Å². The van der Waals surface area contributed by atoms with Crippen LogP contribution in [0.5, 0.6) is 0 Å². The molecule has 4 rings (SSSR count). The lowest BCUT2D eigenvalue weighted by atomic mass is 10.2. The molecule has 0 saturated carbocycles. The quantitative estimate of drug-likeness (QED) is 0.585. The van der Waals surface area contributed by atoms with E-state index in [-0.39, 0.29) is 0 Å². The molecular formula is C19H19N6+. The summed E-state index contributed by atoms with van der Waals surface area (Å²) < 4.78 is 4.00. The molecule has 6 nitrogen and oxygen atoms in total. The number of fused-ring (bicyclic) bond motifs is 1. The molecule has 4 aromatic rings.